The number of nitrogens with zero attached hydrogens (tertiary/aromatic N) is 2. The summed E-state index contributed by atoms with van der Waals surface area (Å²) in [5.41, 5.74) is 0.149. The van der Waals surface area contributed by atoms with Crippen LogP contribution in [0.2, 0.25) is 0 Å². The molecule has 1 aliphatic rings. The molecule has 0 aliphatic carbocycles. The maximum atomic E-state index is 10.7. The Bertz CT molecular complexity index is 251. The standard InChI is InChI=1S/C12H24N2O2/c1-12(2)8-10(7-11(15)16)9-14(12)6-5-13(3)4/h10H,5-9H2,1-4H3,(H,15,16). The number of carboxylic acid groups (broad SMARTS) is 1. The molecular formula is C12H24N2O2. The molecule has 0 aromatic rings. The summed E-state index contributed by atoms with van der Waals surface area (Å²) in [4.78, 5) is 15.3. The van der Waals surface area contributed by atoms with E-state index in [0.29, 0.717) is 12.3 Å². The summed E-state index contributed by atoms with van der Waals surface area (Å²) in [7, 11) is 4.13. The molecule has 0 amide bonds. The third-order valence-corrected chi connectivity index (χ3v) is 3.40. The fraction of sp³-hybridized carbons (Fsp3) is 0.917. The minimum Gasteiger partial charge on any atom is -0.481 e. The Morgan fingerprint density at radius 1 is 1.50 bits per heavy atom. The van der Waals surface area contributed by atoms with Crippen LogP contribution in [0.1, 0.15) is 26.7 Å². The summed E-state index contributed by atoms with van der Waals surface area (Å²) in [5.74, 6) is -0.357. The van der Waals surface area contributed by atoms with Gasteiger partial charge < -0.3 is 10.0 Å². The average molecular weight is 228 g/mol. The molecule has 4 nitrogen and oxygen atoms in total. The molecule has 1 unspecified atom stereocenters. The molecule has 1 atom stereocenters. The van der Waals surface area contributed by atoms with Crippen LogP contribution in [-0.4, -0.2) is 60.1 Å². The van der Waals surface area contributed by atoms with Crippen molar-refractivity contribution in [1.29, 1.82) is 0 Å². The van der Waals surface area contributed by atoms with Crippen molar-refractivity contribution in [1.82, 2.24) is 9.80 Å². The first-order valence-electron chi connectivity index (χ1n) is 5.93. The zero-order valence-electron chi connectivity index (χ0n) is 10.9. The molecule has 1 heterocycles. The Hall–Kier alpha value is -0.610. The number of likely N-dealkylation sites (tertiary alicyclic amines) is 1. The van der Waals surface area contributed by atoms with E-state index >= 15 is 0 Å². The van der Waals surface area contributed by atoms with E-state index in [9.17, 15) is 4.79 Å². The molecule has 94 valence electrons. The van der Waals surface area contributed by atoms with E-state index in [1.165, 1.54) is 0 Å². The van der Waals surface area contributed by atoms with E-state index in [-0.39, 0.29) is 5.54 Å². The predicted octanol–water partition coefficient (Wildman–Crippen LogP) is 1.12. The lowest BCUT2D eigenvalue weighted by Gasteiger charge is -2.32. The van der Waals surface area contributed by atoms with E-state index in [1.54, 1.807) is 0 Å². The lowest BCUT2D eigenvalue weighted by Crippen LogP contribution is -2.41. The molecule has 0 aromatic heterocycles. The quantitative estimate of drug-likeness (QED) is 0.766. The Morgan fingerprint density at radius 2 is 2.12 bits per heavy atom. The number of hydrogen-bond acceptors (Lipinski definition) is 3. The number of rotatable bonds is 5. The summed E-state index contributed by atoms with van der Waals surface area (Å²) in [5, 5.41) is 8.82. The largest absolute Gasteiger partial charge is 0.481 e. The van der Waals surface area contributed by atoms with Gasteiger partial charge in [0.25, 0.3) is 0 Å². The van der Waals surface area contributed by atoms with E-state index in [4.69, 9.17) is 5.11 Å². The summed E-state index contributed by atoms with van der Waals surface area (Å²) < 4.78 is 0. The van der Waals surface area contributed by atoms with Crippen LogP contribution >= 0.6 is 0 Å². The number of likely N-dealkylation sites (N-methyl/N-ethyl adjacent to an activating group) is 1. The Kier molecular flexibility index (Phi) is 4.33. The van der Waals surface area contributed by atoms with Crippen LogP contribution in [0.15, 0.2) is 0 Å². The first kappa shape index (κ1) is 13.5. The SMILES string of the molecule is CN(C)CCN1CC(CC(=O)O)CC1(C)C. The van der Waals surface area contributed by atoms with Gasteiger partial charge in [0, 0.05) is 31.6 Å². The summed E-state index contributed by atoms with van der Waals surface area (Å²) in [6, 6.07) is 0. The lowest BCUT2D eigenvalue weighted by molar-refractivity contribution is -0.138. The van der Waals surface area contributed by atoms with Crippen molar-refractivity contribution in [2.45, 2.75) is 32.2 Å². The molecular weight excluding hydrogens is 204 g/mol. The maximum absolute atomic E-state index is 10.7. The van der Waals surface area contributed by atoms with Gasteiger partial charge in [0.1, 0.15) is 0 Å². The smallest absolute Gasteiger partial charge is 0.303 e. The molecule has 16 heavy (non-hydrogen) atoms. The normalized spacial score (nSPS) is 25.2. The van der Waals surface area contributed by atoms with Crippen LogP contribution in [0.3, 0.4) is 0 Å². The lowest BCUT2D eigenvalue weighted by atomic mass is 9.94. The van der Waals surface area contributed by atoms with Crippen molar-refractivity contribution >= 4 is 5.97 Å². The minimum absolute atomic E-state index is 0.149. The molecule has 4 heteroatoms. The molecule has 1 N–H and O–H groups in total. The van der Waals surface area contributed by atoms with Gasteiger partial charge >= 0.3 is 5.97 Å². The molecule has 1 rings (SSSR count). The third kappa shape index (κ3) is 3.76. The van der Waals surface area contributed by atoms with Crippen LogP contribution in [0, 0.1) is 5.92 Å². The van der Waals surface area contributed by atoms with Crippen molar-refractivity contribution in [3.63, 3.8) is 0 Å². The average Bonchev–Trinajstić information content (AvgIpc) is 2.35. The molecule has 0 bridgehead atoms. The highest BCUT2D eigenvalue weighted by Crippen LogP contribution is 2.33. The fourth-order valence-electron chi connectivity index (χ4n) is 2.56. The van der Waals surface area contributed by atoms with Crippen LogP contribution in [0.25, 0.3) is 0 Å². The Morgan fingerprint density at radius 3 is 2.62 bits per heavy atom. The number of carbonyl (C=O) groups is 1. The molecule has 1 saturated heterocycles. The molecule has 1 fully saturated rings. The van der Waals surface area contributed by atoms with Crippen LogP contribution in [0.4, 0.5) is 0 Å². The van der Waals surface area contributed by atoms with E-state index < -0.39 is 5.97 Å². The Balaban J connectivity index is 2.48. The highest BCUT2D eigenvalue weighted by molar-refractivity contribution is 5.67. The summed E-state index contributed by atoms with van der Waals surface area (Å²) in [6.45, 7) is 7.40. The van der Waals surface area contributed by atoms with Gasteiger partial charge in [-0.1, -0.05) is 0 Å². The molecule has 0 aromatic carbocycles. The van der Waals surface area contributed by atoms with Gasteiger partial charge in [-0.3, -0.25) is 9.69 Å². The Labute approximate surface area is 98.2 Å². The number of hydrogen-bond donors (Lipinski definition) is 1. The number of carboxylic acids is 1. The van der Waals surface area contributed by atoms with Gasteiger partial charge in [-0.25, -0.2) is 0 Å². The van der Waals surface area contributed by atoms with Gasteiger partial charge in [-0.15, -0.1) is 0 Å². The monoisotopic (exact) mass is 228 g/mol. The second-order valence-corrected chi connectivity index (χ2v) is 5.73. The van der Waals surface area contributed by atoms with Crippen molar-refractivity contribution in [2.75, 3.05) is 33.7 Å². The molecule has 1 aliphatic heterocycles. The maximum Gasteiger partial charge on any atom is 0.303 e. The highest BCUT2D eigenvalue weighted by atomic mass is 16.4. The predicted molar refractivity (Wildman–Crippen MR) is 64.6 cm³/mol. The van der Waals surface area contributed by atoms with Crippen LogP contribution in [-0.2, 0) is 4.79 Å². The van der Waals surface area contributed by atoms with Crippen molar-refractivity contribution in [2.24, 2.45) is 5.92 Å². The molecule has 0 saturated carbocycles. The minimum atomic E-state index is -0.671. The van der Waals surface area contributed by atoms with Crippen molar-refractivity contribution < 1.29 is 9.90 Å². The fourth-order valence-corrected chi connectivity index (χ4v) is 2.56. The molecule has 0 spiro atoms. The first-order valence-corrected chi connectivity index (χ1v) is 5.93. The summed E-state index contributed by atoms with van der Waals surface area (Å²) in [6.07, 6.45) is 1.30. The number of aliphatic carboxylic acids is 1. The van der Waals surface area contributed by atoms with Crippen molar-refractivity contribution in [3.8, 4) is 0 Å². The van der Waals surface area contributed by atoms with Gasteiger partial charge in [0.2, 0.25) is 0 Å². The van der Waals surface area contributed by atoms with E-state index in [0.717, 1.165) is 26.1 Å². The zero-order chi connectivity index (χ0) is 12.3. The zero-order valence-corrected chi connectivity index (χ0v) is 10.9. The van der Waals surface area contributed by atoms with Gasteiger partial charge in [-0.05, 0) is 40.3 Å². The highest BCUT2D eigenvalue weighted by Gasteiger charge is 2.38. The first-order chi connectivity index (χ1) is 7.31. The van der Waals surface area contributed by atoms with Crippen LogP contribution < -0.4 is 0 Å². The van der Waals surface area contributed by atoms with Gasteiger partial charge in [0.05, 0.1) is 0 Å². The summed E-state index contributed by atoms with van der Waals surface area (Å²) >= 11 is 0. The molecule has 0 radical (unpaired) electrons. The van der Waals surface area contributed by atoms with Crippen LogP contribution in [0.5, 0.6) is 0 Å². The van der Waals surface area contributed by atoms with Gasteiger partial charge in [0.15, 0.2) is 0 Å². The van der Waals surface area contributed by atoms with Crippen molar-refractivity contribution in [3.05, 3.63) is 0 Å². The van der Waals surface area contributed by atoms with E-state index in [1.807, 2.05) is 0 Å². The second-order valence-electron chi connectivity index (χ2n) is 5.73. The third-order valence-electron chi connectivity index (χ3n) is 3.40. The topological polar surface area (TPSA) is 43.8 Å². The second kappa shape index (κ2) is 5.15. The van der Waals surface area contributed by atoms with E-state index in [2.05, 4.69) is 37.7 Å². The van der Waals surface area contributed by atoms with Gasteiger partial charge in [-0.2, -0.15) is 0 Å².